The Morgan fingerprint density at radius 1 is 1.45 bits per heavy atom. The van der Waals surface area contributed by atoms with Crippen molar-refractivity contribution in [2.75, 3.05) is 6.54 Å². The van der Waals surface area contributed by atoms with Crippen LogP contribution in [0.4, 0.5) is 0 Å². The molecule has 1 atom stereocenters. The number of oxazole rings is 1. The number of aromatic nitrogens is 1. The van der Waals surface area contributed by atoms with Crippen molar-refractivity contribution >= 4 is 5.91 Å². The Morgan fingerprint density at radius 2 is 2.25 bits per heavy atom. The zero-order chi connectivity index (χ0) is 14.1. The van der Waals surface area contributed by atoms with Gasteiger partial charge in [0.05, 0.1) is 6.10 Å². The van der Waals surface area contributed by atoms with E-state index in [4.69, 9.17) is 4.42 Å². The zero-order valence-electron chi connectivity index (χ0n) is 11.2. The minimum Gasteiger partial charge on any atom is -0.448 e. The number of carbonyl (C=O) groups is 1. The van der Waals surface area contributed by atoms with Crippen molar-refractivity contribution in [1.29, 1.82) is 0 Å². The van der Waals surface area contributed by atoms with E-state index in [-0.39, 0.29) is 5.91 Å². The highest BCUT2D eigenvalue weighted by molar-refractivity contribution is 5.93. The lowest BCUT2D eigenvalue weighted by molar-refractivity contribution is 0.0716. The van der Waals surface area contributed by atoms with Gasteiger partial charge in [0.1, 0.15) is 5.76 Å². The molecule has 20 heavy (non-hydrogen) atoms. The molecule has 104 valence electrons. The fraction of sp³-hybridized carbons (Fsp3) is 0.333. The predicted molar refractivity (Wildman–Crippen MR) is 72.0 cm³/mol. The number of aliphatic hydroxyl groups excluding tert-OH is 1. The van der Waals surface area contributed by atoms with Gasteiger partial charge >= 0.3 is 0 Å². The van der Waals surface area contributed by atoms with E-state index in [9.17, 15) is 9.90 Å². The van der Waals surface area contributed by atoms with Crippen molar-refractivity contribution in [3.63, 3.8) is 0 Å². The number of hydrogen-bond donors (Lipinski definition) is 1. The second-order valence-corrected chi connectivity index (χ2v) is 4.99. The Kier molecular flexibility index (Phi) is 3.28. The predicted octanol–water partition coefficient (Wildman–Crippen LogP) is 2.06. The molecule has 1 amide bonds. The van der Waals surface area contributed by atoms with Gasteiger partial charge in [-0.3, -0.25) is 4.79 Å². The minimum absolute atomic E-state index is 0.153. The number of hydrogen-bond acceptors (Lipinski definition) is 4. The molecule has 1 aromatic heterocycles. The Hall–Kier alpha value is -2.14. The lowest BCUT2D eigenvalue weighted by atomic mass is 10.0. The van der Waals surface area contributed by atoms with E-state index in [2.05, 4.69) is 4.98 Å². The Bertz CT molecular complexity index is 636. The Labute approximate surface area is 116 Å². The van der Waals surface area contributed by atoms with E-state index >= 15 is 0 Å². The highest BCUT2D eigenvalue weighted by Crippen LogP contribution is 2.27. The van der Waals surface area contributed by atoms with Gasteiger partial charge in [0.15, 0.2) is 12.1 Å². The van der Waals surface area contributed by atoms with Gasteiger partial charge in [-0.05, 0) is 24.5 Å². The lowest BCUT2D eigenvalue weighted by Gasteiger charge is -2.19. The molecule has 2 heterocycles. The van der Waals surface area contributed by atoms with E-state index in [1.165, 1.54) is 6.39 Å². The SMILES string of the molecule is Cc1ocnc1C(=O)N1CCC(O)c2ccccc2C1. The number of amides is 1. The van der Waals surface area contributed by atoms with E-state index in [0.29, 0.717) is 31.0 Å². The van der Waals surface area contributed by atoms with E-state index in [1.54, 1.807) is 11.8 Å². The summed E-state index contributed by atoms with van der Waals surface area (Å²) in [6.45, 7) is 2.71. The zero-order valence-corrected chi connectivity index (χ0v) is 11.2. The normalized spacial score (nSPS) is 18.5. The molecule has 0 saturated carbocycles. The molecule has 1 N–H and O–H groups in total. The maximum Gasteiger partial charge on any atom is 0.276 e. The summed E-state index contributed by atoms with van der Waals surface area (Å²) in [5.41, 5.74) is 2.23. The molecular weight excluding hydrogens is 256 g/mol. The summed E-state index contributed by atoms with van der Waals surface area (Å²) < 4.78 is 5.09. The number of aryl methyl sites for hydroxylation is 1. The average molecular weight is 272 g/mol. The van der Waals surface area contributed by atoms with Gasteiger partial charge in [0.2, 0.25) is 0 Å². The summed E-state index contributed by atoms with van der Waals surface area (Å²) in [6, 6.07) is 7.68. The third-order valence-electron chi connectivity index (χ3n) is 3.68. The topological polar surface area (TPSA) is 66.6 Å². The number of benzene rings is 1. The molecule has 1 aliphatic heterocycles. The summed E-state index contributed by atoms with van der Waals surface area (Å²) in [5.74, 6) is 0.369. The molecule has 0 bridgehead atoms. The number of aliphatic hydroxyl groups is 1. The summed E-state index contributed by atoms with van der Waals surface area (Å²) in [7, 11) is 0. The van der Waals surface area contributed by atoms with Gasteiger partial charge in [-0.15, -0.1) is 0 Å². The van der Waals surface area contributed by atoms with E-state index in [1.807, 2.05) is 24.3 Å². The van der Waals surface area contributed by atoms with Crippen LogP contribution in [-0.2, 0) is 6.54 Å². The van der Waals surface area contributed by atoms with Crippen LogP contribution in [0.2, 0.25) is 0 Å². The van der Waals surface area contributed by atoms with E-state index < -0.39 is 6.10 Å². The number of rotatable bonds is 1. The number of fused-ring (bicyclic) bond motifs is 1. The first-order valence-electron chi connectivity index (χ1n) is 6.62. The quantitative estimate of drug-likeness (QED) is 0.863. The van der Waals surface area contributed by atoms with Crippen molar-refractivity contribution in [3.05, 3.63) is 53.2 Å². The number of carbonyl (C=O) groups excluding carboxylic acids is 1. The smallest absolute Gasteiger partial charge is 0.276 e. The number of nitrogens with zero attached hydrogens (tertiary/aromatic N) is 2. The largest absolute Gasteiger partial charge is 0.448 e. The van der Waals surface area contributed by atoms with Gasteiger partial charge in [-0.25, -0.2) is 4.98 Å². The van der Waals surface area contributed by atoms with Crippen molar-refractivity contribution in [3.8, 4) is 0 Å². The minimum atomic E-state index is -0.526. The van der Waals surface area contributed by atoms with Crippen LogP contribution in [0.5, 0.6) is 0 Å². The maximum absolute atomic E-state index is 12.5. The third kappa shape index (κ3) is 2.20. The highest BCUT2D eigenvalue weighted by atomic mass is 16.3. The molecular formula is C15H16N2O3. The molecule has 2 aromatic rings. The molecule has 5 nitrogen and oxygen atoms in total. The van der Waals surface area contributed by atoms with Crippen molar-refractivity contribution in [2.45, 2.75) is 26.0 Å². The molecule has 1 unspecified atom stereocenters. The first-order chi connectivity index (χ1) is 9.66. The van der Waals surface area contributed by atoms with Gasteiger partial charge in [0, 0.05) is 13.1 Å². The van der Waals surface area contributed by atoms with Crippen LogP contribution in [0, 0.1) is 6.92 Å². The summed E-state index contributed by atoms with van der Waals surface area (Å²) in [5, 5.41) is 10.2. The fourth-order valence-corrected chi connectivity index (χ4v) is 2.56. The summed E-state index contributed by atoms with van der Waals surface area (Å²) >= 11 is 0. The van der Waals surface area contributed by atoms with Crippen molar-refractivity contribution in [1.82, 2.24) is 9.88 Å². The first kappa shape index (κ1) is 12.9. The molecule has 1 aromatic carbocycles. The van der Waals surface area contributed by atoms with Gasteiger partial charge in [0.25, 0.3) is 5.91 Å². The van der Waals surface area contributed by atoms with Crippen LogP contribution >= 0.6 is 0 Å². The van der Waals surface area contributed by atoms with Gasteiger partial charge in [-0.2, -0.15) is 0 Å². The van der Waals surface area contributed by atoms with E-state index in [0.717, 1.165) is 11.1 Å². The second-order valence-electron chi connectivity index (χ2n) is 4.99. The standard InChI is InChI=1S/C15H16N2O3/c1-10-14(16-9-20-10)15(19)17-7-6-13(18)12-5-3-2-4-11(12)8-17/h2-5,9,13,18H,6-8H2,1H3. The van der Waals surface area contributed by atoms with Gasteiger partial charge in [-0.1, -0.05) is 24.3 Å². The van der Waals surface area contributed by atoms with Crippen LogP contribution in [0.3, 0.4) is 0 Å². The summed E-state index contributed by atoms with van der Waals surface area (Å²) in [4.78, 5) is 18.2. The highest BCUT2D eigenvalue weighted by Gasteiger charge is 2.26. The lowest BCUT2D eigenvalue weighted by Crippen LogP contribution is -2.31. The second kappa shape index (κ2) is 5.09. The molecule has 0 aliphatic carbocycles. The molecule has 0 fully saturated rings. The van der Waals surface area contributed by atoms with Crippen LogP contribution in [0.1, 0.15) is 39.9 Å². The van der Waals surface area contributed by atoms with Crippen molar-refractivity contribution in [2.24, 2.45) is 0 Å². The van der Waals surface area contributed by atoms with Crippen LogP contribution in [0.15, 0.2) is 35.1 Å². The molecule has 5 heteroatoms. The fourth-order valence-electron chi connectivity index (χ4n) is 2.56. The van der Waals surface area contributed by atoms with Crippen LogP contribution < -0.4 is 0 Å². The van der Waals surface area contributed by atoms with Crippen LogP contribution in [-0.4, -0.2) is 27.4 Å². The van der Waals surface area contributed by atoms with Gasteiger partial charge < -0.3 is 14.4 Å². The molecule has 3 rings (SSSR count). The Morgan fingerprint density at radius 3 is 3.00 bits per heavy atom. The molecule has 0 radical (unpaired) electrons. The molecule has 0 spiro atoms. The Balaban J connectivity index is 1.90. The third-order valence-corrected chi connectivity index (χ3v) is 3.68. The van der Waals surface area contributed by atoms with Crippen molar-refractivity contribution < 1.29 is 14.3 Å². The molecule has 0 saturated heterocycles. The monoisotopic (exact) mass is 272 g/mol. The molecule has 1 aliphatic rings. The maximum atomic E-state index is 12.5. The average Bonchev–Trinajstić information content (AvgIpc) is 2.81. The summed E-state index contributed by atoms with van der Waals surface area (Å²) in [6.07, 6.45) is 1.28. The first-order valence-corrected chi connectivity index (χ1v) is 6.62. The van der Waals surface area contributed by atoms with Crippen LogP contribution in [0.25, 0.3) is 0 Å².